The first kappa shape index (κ1) is 20.7. The van der Waals surface area contributed by atoms with Crippen molar-refractivity contribution in [1.29, 1.82) is 0 Å². The monoisotopic (exact) mass is 446 g/mol. The second-order valence-electron chi connectivity index (χ2n) is 7.01. The van der Waals surface area contributed by atoms with Gasteiger partial charge in [-0.1, -0.05) is 35.1 Å². The number of anilines is 1. The van der Waals surface area contributed by atoms with E-state index in [0.29, 0.717) is 13.0 Å². The SMILES string of the molecule is O=C(CCCSc1ccc(Cl)cc1)N(CC1CCCO1)c1nc2ccccc2s1. The number of thioether (sulfide) groups is 1. The highest BCUT2D eigenvalue weighted by Gasteiger charge is 2.25. The first-order chi connectivity index (χ1) is 14.2. The molecular weight excluding hydrogens is 424 g/mol. The fourth-order valence-corrected chi connectivity index (χ4v) is 5.30. The van der Waals surface area contributed by atoms with Crippen LogP contribution in [0.1, 0.15) is 25.7 Å². The molecule has 3 aromatic rings. The number of hydrogen-bond acceptors (Lipinski definition) is 5. The molecular formula is C22H23ClN2O2S2. The van der Waals surface area contributed by atoms with E-state index >= 15 is 0 Å². The molecule has 1 fully saturated rings. The number of hydrogen-bond donors (Lipinski definition) is 0. The van der Waals surface area contributed by atoms with Gasteiger partial charge in [0.05, 0.1) is 22.9 Å². The van der Waals surface area contributed by atoms with Gasteiger partial charge in [0.1, 0.15) is 0 Å². The molecule has 1 amide bonds. The number of benzene rings is 2. The third-order valence-electron chi connectivity index (χ3n) is 4.84. The largest absolute Gasteiger partial charge is 0.376 e. The lowest BCUT2D eigenvalue weighted by Crippen LogP contribution is -2.37. The van der Waals surface area contributed by atoms with Gasteiger partial charge in [0, 0.05) is 22.9 Å². The van der Waals surface area contributed by atoms with Crippen LogP contribution in [0.2, 0.25) is 5.02 Å². The quantitative estimate of drug-likeness (QED) is 0.312. The fourth-order valence-electron chi connectivity index (χ4n) is 3.33. The lowest BCUT2D eigenvalue weighted by atomic mass is 10.2. The minimum absolute atomic E-state index is 0.106. The van der Waals surface area contributed by atoms with Crippen molar-refractivity contribution in [2.45, 2.75) is 36.7 Å². The van der Waals surface area contributed by atoms with Gasteiger partial charge in [0.15, 0.2) is 5.13 Å². The van der Waals surface area contributed by atoms with E-state index in [9.17, 15) is 4.79 Å². The molecule has 0 saturated carbocycles. The smallest absolute Gasteiger partial charge is 0.228 e. The van der Waals surface area contributed by atoms with Crippen molar-refractivity contribution in [3.8, 4) is 0 Å². The Hall–Kier alpha value is -1.60. The van der Waals surface area contributed by atoms with E-state index in [1.54, 1.807) is 23.1 Å². The van der Waals surface area contributed by atoms with Crippen LogP contribution in [0.4, 0.5) is 5.13 Å². The predicted molar refractivity (Wildman–Crippen MR) is 122 cm³/mol. The Kier molecular flexibility index (Phi) is 7.08. The molecule has 0 spiro atoms. The molecule has 7 heteroatoms. The summed E-state index contributed by atoms with van der Waals surface area (Å²) in [5.74, 6) is 1.01. The molecule has 1 saturated heterocycles. The van der Waals surface area contributed by atoms with Gasteiger partial charge in [-0.3, -0.25) is 9.69 Å². The predicted octanol–water partition coefficient (Wildman–Crippen LogP) is 6.03. The number of aromatic nitrogens is 1. The molecule has 2 aromatic carbocycles. The number of ether oxygens (including phenoxy) is 1. The first-order valence-corrected chi connectivity index (χ1v) is 12.0. The Labute approximate surface area is 184 Å². The van der Waals surface area contributed by atoms with Crippen LogP contribution in [0, 0.1) is 0 Å². The Balaban J connectivity index is 1.39. The van der Waals surface area contributed by atoms with Crippen molar-refractivity contribution >= 4 is 56.0 Å². The average Bonchev–Trinajstić information content (AvgIpc) is 3.40. The number of nitrogens with zero attached hydrogens (tertiary/aromatic N) is 2. The number of carbonyl (C=O) groups is 1. The number of fused-ring (bicyclic) bond motifs is 1. The lowest BCUT2D eigenvalue weighted by molar-refractivity contribution is -0.119. The lowest BCUT2D eigenvalue weighted by Gasteiger charge is -2.23. The Morgan fingerprint density at radius 3 is 2.83 bits per heavy atom. The summed E-state index contributed by atoms with van der Waals surface area (Å²) in [5, 5.41) is 1.52. The zero-order valence-corrected chi connectivity index (χ0v) is 18.4. The van der Waals surface area contributed by atoms with Gasteiger partial charge in [-0.05, 0) is 61.4 Å². The molecule has 4 rings (SSSR count). The molecule has 1 aliphatic rings. The van der Waals surface area contributed by atoms with Crippen LogP contribution in [-0.4, -0.2) is 35.9 Å². The molecule has 152 valence electrons. The second kappa shape index (κ2) is 9.94. The van der Waals surface area contributed by atoms with Crippen molar-refractivity contribution in [2.24, 2.45) is 0 Å². The second-order valence-corrected chi connectivity index (χ2v) is 9.62. The van der Waals surface area contributed by atoms with Gasteiger partial charge in [-0.15, -0.1) is 11.8 Å². The number of amides is 1. The van der Waals surface area contributed by atoms with Crippen molar-refractivity contribution in [3.05, 3.63) is 53.6 Å². The van der Waals surface area contributed by atoms with E-state index in [1.807, 2.05) is 53.4 Å². The summed E-state index contributed by atoms with van der Waals surface area (Å²) in [5.41, 5.74) is 0.941. The number of rotatable bonds is 8. The summed E-state index contributed by atoms with van der Waals surface area (Å²) in [4.78, 5) is 20.8. The Bertz CT molecular complexity index is 922. The molecule has 1 aliphatic heterocycles. The van der Waals surface area contributed by atoms with Crippen LogP contribution in [0.3, 0.4) is 0 Å². The first-order valence-electron chi connectivity index (χ1n) is 9.85. The van der Waals surface area contributed by atoms with Crippen LogP contribution >= 0.6 is 34.7 Å². The van der Waals surface area contributed by atoms with E-state index < -0.39 is 0 Å². The summed E-state index contributed by atoms with van der Waals surface area (Å²) in [7, 11) is 0. The zero-order valence-electron chi connectivity index (χ0n) is 16.1. The normalized spacial score (nSPS) is 16.4. The van der Waals surface area contributed by atoms with Crippen molar-refractivity contribution in [3.63, 3.8) is 0 Å². The molecule has 2 heterocycles. The molecule has 0 N–H and O–H groups in total. The highest BCUT2D eigenvalue weighted by atomic mass is 35.5. The maximum atomic E-state index is 13.1. The zero-order chi connectivity index (χ0) is 20.1. The summed E-state index contributed by atoms with van der Waals surface area (Å²) in [6, 6.07) is 15.8. The maximum Gasteiger partial charge on any atom is 0.228 e. The van der Waals surface area contributed by atoms with Crippen LogP contribution in [0.25, 0.3) is 10.2 Å². The van der Waals surface area contributed by atoms with Gasteiger partial charge in [-0.25, -0.2) is 4.98 Å². The topological polar surface area (TPSA) is 42.4 Å². The van der Waals surface area contributed by atoms with E-state index in [1.165, 1.54) is 4.90 Å². The van der Waals surface area contributed by atoms with Crippen molar-refractivity contribution in [2.75, 3.05) is 23.8 Å². The molecule has 1 unspecified atom stereocenters. The molecule has 1 atom stereocenters. The maximum absolute atomic E-state index is 13.1. The standard InChI is InChI=1S/C22H23ClN2O2S2/c23-16-9-11-18(12-10-16)28-14-4-8-21(26)25(15-17-5-3-13-27-17)22-24-19-6-1-2-7-20(19)29-22/h1-2,6-7,9-12,17H,3-5,8,13-15H2. The van der Waals surface area contributed by atoms with Gasteiger partial charge >= 0.3 is 0 Å². The van der Waals surface area contributed by atoms with Crippen molar-refractivity contribution < 1.29 is 9.53 Å². The summed E-state index contributed by atoms with van der Waals surface area (Å²) < 4.78 is 6.89. The summed E-state index contributed by atoms with van der Waals surface area (Å²) in [6.07, 6.45) is 3.49. The highest BCUT2D eigenvalue weighted by Crippen LogP contribution is 2.30. The molecule has 0 radical (unpaired) electrons. The molecule has 29 heavy (non-hydrogen) atoms. The molecule has 4 nitrogen and oxygen atoms in total. The van der Waals surface area contributed by atoms with Gasteiger partial charge in [0.2, 0.25) is 5.91 Å². The van der Waals surface area contributed by atoms with Crippen LogP contribution < -0.4 is 4.90 Å². The van der Waals surface area contributed by atoms with Gasteiger partial charge in [-0.2, -0.15) is 0 Å². The number of carbonyl (C=O) groups excluding carboxylic acids is 1. The minimum atomic E-state index is 0.106. The number of thiazole rings is 1. The van der Waals surface area contributed by atoms with E-state index in [0.717, 1.165) is 52.0 Å². The summed E-state index contributed by atoms with van der Waals surface area (Å²) >= 11 is 9.26. The fraction of sp³-hybridized carbons (Fsp3) is 0.364. The van der Waals surface area contributed by atoms with Gasteiger partial charge < -0.3 is 4.74 Å². The molecule has 1 aromatic heterocycles. The molecule has 0 aliphatic carbocycles. The highest BCUT2D eigenvalue weighted by molar-refractivity contribution is 7.99. The van der Waals surface area contributed by atoms with Crippen molar-refractivity contribution in [1.82, 2.24) is 4.98 Å². The summed E-state index contributed by atoms with van der Waals surface area (Å²) in [6.45, 7) is 1.37. The van der Waals surface area contributed by atoms with Crippen LogP contribution in [0.5, 0.6) is 0 Å². The van der Waals surface area contributed by atoms with Crippen LogP contribution in [-0.2, 0) is 9.53 Å². The van der Waals surface area contributed by atoms with E-state index in [-0.39, 0.29) is 12.0 Å². The Morgan fingerprint density at radius 1 is 1.24 bits per heavy atom. The van der Waals surface area contributed by atoms with Gasteiger partial charge in [0.25, 0.3) is 0 Å². The Morgan fingerprint density at radius 2 is 2.07 bits per heavy atom. The van der Waals surface area contributed by atoms with Crippen LogP contribution in [0.15, 0.2) is 53.4 Å². The molecule has 0 bridgehead atoms. The third kappa shape index (κ3) is 5.51. The third-order valence-corrected chi connectivity index (χ3v) is 7.25. The number of para-hydroxylation sites is 1. The van der Waals surface area contributed by atoms with E-state index in [4.69, 9.17) is 21.3 Å². The minimum Gasteiger partial charge on any atom is -0.376 e. The average molecular weight is 447 g/mol. The van der Waals surface area contributed by atoms with E-state index in [2.05, 4.69) is 0 Å². The number of halogens is 1.